The van der Waals surface area contributed by atoms with Gasteiger partial charge in [-0.05, 0) is 69.8 Å². The van der Waals surface area contributed by atoms with Gasteiger partial charge in [-0.2, -0.15) is 0 Å². The van der Waals surface area contributed by atoms with Crippen LogP contribution in [0.2, 0.25) is 0 Å². The largest absolute Gasteiger partial charge is 0.437 e. The normalized spacial score (nSPS) is 11.8. The van der Waals surface area contributed by atoms with Crippen molar-refractivity contribution in [1.29, 1.82) is 0 Å². The molecule has 7 rings (SSSR count). The van der Waals surface area contributed by atoms with Gasteiger partial charge in [0.05, 0.1) is 0 Å². The van der Waals surface area contributed by atoms with Crippen LogP contribution >= 0.6 is 0 Å². The molecule has 0 fully saturated rings. The van der Waals surface area contributed by atoms with Crippen LogP contribution in [-0.4, -0.2) is 9.97 Å². The Kier molecular flexibility index (Phi) is 6.11. The van der Waals surface area contributed by atoms with Crippen molar-refractivity contribution in [3.8, 4) is 22.3 Å². The lowest BCUT2D eigenvalue weighted by molar-refractivity contribution is 0.589. The fraction of sp³-hybridized carbons (Fsp3) is 0. The molecule has 2 aromatic heterocycles. The number of hydrogen-bond acceptors (Lipinski definition) is 4. The van der Waals surface area contributed by atoms with Gasteiger partial charge in [0.2, 0.25) is 11.8 Å². The molecule has 0 saturated heterocycles. The molecule has 0 unspecified atom stereocenters. The van der Waals surface area contributed by atoms with Gasteiger partial charge in [-0.3, -0.25) is 0 Å². The van der Waals surface area contributed by atoms with E-state index >= 15 is 0 Å². The zero-order valence-electron chi connectivity index (χ0n) is 21.6. The van der Waals surface area contributed by atoms with Gasteiger partial charge in [0.1, 0.15) is 11.0 Å². The predicted octanol–water partition coefficient (Wildman–Crippen LogP) is 9.64. The lowest BCUT2D eigenvalue weighted by Gasteiger charge is -1.99. The summed E-state index contributed by atoms with van der Waals surface area (Å²) in [4.78, 5) is 9.31. The average Bonchev–Trinajstić information content (AvgIpc) is 3.63. The molecule has 40 heavy (non-hydrogen) atoms. The number of aromatic nitrogens is 2. The molecule has 0 bridgehead atoms. The minimum Gasteiger partial charge on any atom is -0.437 e. The molecule has 4 nitrogen and oxygen atoms in total. The van der Waals surface area contributed by atoms with Gasteiger partial charge >= 0.3 is 0 Å². The Balaban J connectivity index is 1.04. The maximum atomic E-state index is 5.92. The molecule has 0 spiro atoms. The molecule has 0 radical (unpaired) electrons. The molecule has 2 heterocycles. The van der Waals surface area contributed by atoms with Crippen molar-refractivity contribution >= 4 is 46.5 Å². The van der Waals surface area contributed by atoms with E-state index in [1.165, 1.54) is 0 Å². The Morgan fingerprint density at radius 3 is 1.25 bits per heavy atom. The predicted molar refractivity (Wildman–Crippen MR) is 163 cm³/mol. The number of benzene rings is 5. The Morgan fingerprint density at radius 1 is 0.400 bits per heavy atom. The first-order chi connectivity index (χ1) is 19.8. The number of fused-ring (bicyclic) bond motifs is 2. The second kappa shape index (κ2) is 10.4. The van der Waals surface area contributed by atoms with E-state index < -0.39 is 0 Å². The third kappa shape index (κ3) is 4.98. The zero-order valence-corrected chi connectivity index (χ0v) is 21.6. The summed E-state index contributed by atoms with van der Waals surface area (Å²) in [5.74, 6) is 1.16. The van der Waals surface area contributed by atoms with Crippen LogP contribution in [0.5, 0.6) is 0 Å². The van der Waals surface area contributed by atoms with Gasteiger partial charge in [-0.15, -0.1) is 0 Å². The molecule has 7 aromatic rings. The van der Waals surface area contributed by atoms with Crippen molar-refractivity contribution in [3.63, 3.8) is 0 Å². The lowest BCUT2D eigenvalue weighted by atomic mass is 10.1. The SMILES string of the molecule is C(=C\c1nc2cc(-c3ccccc3)ccc2o1)/c1ccc(/C=C/c2nc3cc(-c4ccccc4)ccc3o2)cc1. The summed E-state index contributed by atoms with van der Waals surface area (Å²) in [6.07, 6.45) is 7.80. The monoisotopic (exact) mass is 516 g/mol. The molecule has 5 aromatic carbocycles. The van der Waals surface area contributed by atoms with Crippen LogP contribution in [0.15, 0.2) is 130 Å². The van der Waals surface area contributed by atoms with Crippen LogP contribution in [0.25, 0.3) is 68.8 Å². The highest BCUT2D eigenvalue weighted by atomic mass is 16.4. The standard InChI is InChI=1S/C36H24N2O2/c1-3-7-27(8-4-1)29-17-19-33-31(23-29)37-35(39-33)21-15-25-11-13-26(14-12-25)16-22-36-38-32-24-30(18-20-34(32)40-36)28-9-5-2-6-10-28/h1-24H/b21-15+,22-16+. The number of rotatable bonds is 6. The van der Waals surface area contributed by atoms with Crippen LogP contribution in [-0.2, 0) is 0 Å². The summed E-state index contributed by atoms with van der Waals surface area (Å²) in [6.45, 7) is 0. The van der Waals surface area contributed by atoms with Gasteiger partial charge in [0, 0.05) is 12.2 Å². The van der Waals surface area contributed by atoms with Crippen molar-refractivity contribution in [2.24, 2.45) is 0 Å². The quantitative estimate of drug-likeness (QED) is 0.221. The van der Waals surface area contributed by atoms with E-state index in [1.54, 1.807) is 0 Å². The van der Waals surface area contributed by atoms with E-state index in [9.17, 15) is 0 Å². The fourth-order valence-corrected chi connectivity index (χ4v) is 4.71. The number of oxazole rings is 2. The third-order valence-corrected chi connectivity index (χ3v) is 6.80. The number of hydrogen-bond donors (Lipinski definition) is 0. The zero-order chi connectivity index (χ0) is 26.7. The molecule has 0 saturated carbocycles. The Morgan fingerprint density at radius 2 is 0.825 bits per heavy atom. The highest BCUT2D eigenvalue weighted by Crippen LogP contribution is 2.27. The minimum absolute atomic E-state index is 0.579. The van der Waals surface area contributed by atoms with E-state index in [1.807, 2.05) is 72.8 Å². The number of nitrogens with zero attached hydrogens (tertiary/aromatic N) is 2. The molecule has 0 aliphatic rings. The first kappa shape index (κ1) is 23.6. The fourth-order valence-electron chi connectivity index (χ4n) is 4.71. The summed E-state index contributed by atoms with van der Waals surface area (Å²) in [7, 11) is 0. The van der Waals surface area contributed by atoms with Crippen molar-refractivity contribution < 1.29 is 8.83 Å². The summed E-state index contributed by atoms with van der Waals surface area (Å²) in [5, 5.41) is 0. The van der Waals surface area contributed by atoms with Crippen molar-refractivity contribution in [2.75, 3.05) is 0 Å². The third-order valence-electron chi connectivity index (χ3n) is 6.80. The Hall–Kier alpha value is -5.48. The smallest absolute Gasteiger partial charge is 0.220 e. The van der Waals surface area contributed by atoms with Crippen LogP contribution in [0.1, 0.15) is 22.9 Å². The van der Waals surface area contributed by atoms with Gasteiger partial charge in [-0.1, -0.05) is 97.1 Å². The second-order valence-electron chi connectivity index (χ2n) is 9.53. The van der Waals surface area contributed by atoms with E-state index in [-0.39, 0.29) is 0 Å². The van der Waals surface area contributed by atoms with Crippen LogP contribution in [0.4, 0.5) is 0 Å². The van der Waals surface area contributed by atoms with E-state index in [0.717, 1.165) is 55.6 Å². The van der Waals surface area contributed by atoms with Gasteiger partial charge < -0.3 is 8.83 Å². The van der Waals surface area contributed by atoms with Crippen LogP contribution in [0, 0.1) is 0 Å². The molecule has 0 atom stereocenters. The maximum Gasteiger partial charge on any atom is 0.220 e. The van der Waals surface area contributed by atoms with E-state index in [0.29, 0.717) is 11.8 Å². The highest BCUT2D eigenvalue weighted by Gasteiger charge is 2.07. The first-order valence-electron chi connectivity index (χ1n) is 13.2. The van der Waals surface area contributed by atoms with E-state index in [2.05, 4.69) is 82.8 Å². The van der Waals surface area contributed by atoms with Crippen molar-refractivity contribution in [3.05, 3.63) is 144 Å². The van der Waals surface area contributed by atoms with Gasteiger partial charge in [0.15, 0.2) is 11.2 Å². The Labute approximate surface area is 231 Å². The van der Waals surface area contributed by atoms with Crippen LogP contribution in [0.3, 0.4) is 0 Å². The summed E-state index contributed by atoms with van der Waals surface area (Å²) >= 11 is 0. The topological polar surface area (TPSA) is 52.1 Å². The molecule has 0 aliphatic carbocycles. The minimum atomic E-state index is 0.579. The molecule has 4 heteroatoms. The highest BCUT2D eigenvalue weighted by molar-refractivity contribution is 5.83. The first-order valence-corrected chi connectivity index (χ1v) is 13.2. The molecular weight excluding hydrogens is 492 g/mol. The molecule has 190 valence electrons. The molecular formula is C36H24N2O2. The second-order valence-corrected chi connectivity index (χ2v) is 9.53. The van der Waals surface area contributed by atoms with Crippen molar-refractivity contribution in [2.45, 2.75) is 0 Å². The summed E-state index contributed by atoms with van der Waals surface area (Å²) < 4.78 is 11.8. The van der Waals surface area contributed by atoms with E-state index in [4.69, 9.17) is 8.83 Å². The maximum absolute atomic E-state index is 5.92. The van der Waals surface area contributed by atoms with Crippen LogP contribution < -0.4 is 0 Å². The lowest BCUT2D eigenvalue weighted by Crippen LogP contribution is -1.77. The van der Waals surface area contributed by atoms with Gasteiger partial charge in [0.25, 0.3) is 0 Å². The molecule has 0 amide bonds. The average molecular weight is 517 g/mol. The van der Waals surface area contributed by atoms with Gasteiger partial charge in [-0.25, -0.2) is 9.97 Å². The molecule has 0 N–H and O–H groups in total. The molecule has 0 aliphatic heterocycles. The Bertz CT molecular complexity index is 1830. The summed E-state index contributed by atoms with van der Waals surface area (Å²) in [5.41, 5.74) is 9.91. The van der Waals surface area contributed by atoms with Crippen molar-refractivity contribution in [1.82, 2.24) is 9.97 Å². The summed E-state index contributed by atoms with van der Waals surface area (Å²) in [6, 6.07) is 41.0.